The van der Waals surface area contributed by atoms with Crippen molar-refractivity contribution in [1.82, 2.24) is 0 Å². The predicted molar refractivity (Wildman–Crippen MR) is 87.9 cm³/mol. The first-order valence-electron chi connectivity index (χ1n) is 7.38. The highest BCUT2D eigenvalue weighted by molar-refractivity contribution is 5.85. The number of carbonyl (C=O) groups excluding carboxylic acids is 2. The predicted octanol–water partition coefficient (Wildman–Crippen LogP) is 2.45. The number of aliphatic carboxylic acids is 1. The van der Waals surface area contributed by atoms with Crippen molar-refractivity contribution in [3.05, 3.63) is 54.6 Å². The highest BCUT2D eigenvalue weighted by Crippen LogP contribution is 2.20. The lowest BCUT2D eigenvalue weighted by molar-refractivity contribution is -0.150. The van der Waals surface area contributed by atoms with Crippen LogP contribution in [-0.2, 0) is 23.9 Å². The van der Waals surface area contributed by atoms with Crippen LogP contribution >= 0.6 is 0 Å². The van der Waals surface area contributed by atoms with E-state index in [9.17, 15) is 14.4 Å². The Kier molecular flexibility index (Phi) is 7.98. The summed E-state index contributed by atoms with van der Waals surface area (Å²) in [5.74, 6) is -1.73. The van der Waals surface area contributed by atoms with Crippen LogP contribution in [0.25, 0.3) is 6.08 Å². The maximum atomic E-state index is 10.9. The fourth-order valence-corrected chi connectivity index (χ4v) is 1.89. The Morgan fingerprint density at radius 2 is 2.04 bits per heavy atom. The highest BCUT2D eigenvalue weighted by Gasteiger charge is 2.31. The number of ether oxygens (including phenoxy) is 2. The summed E-state index contributed by atoms with van der Waals surface area (Å²) in [4.78, 5) is 31.7. The molecule has 0 spiro atoms. The molecule has 1 saturated heterocycles. The lowest BCUT2D eigenvalue weighted by atomic mass is 10.1. The largest absolute Gasteiger partial charge is 0.478 e. The maximum Gasteiger partial charge on any atom is 0.330 e. The van der Waals surface area contributed by atoms with Crippen molar-refractivity contribution >= 4 is 24.0 Å². The van der Waals surface area contributed by atoms with Crippen LogP contribution in [0.15, 0.2) is 49.1 Å². The Balaban J connectivity index is 0.000000243. The van der Waals surface area contributed by atoms with Crippen LogP contribution in [0.1, 0.15) is 18.9 Å². The lowest BCUT2D eigenvalue weighted by Crippen LogP contribution is -2.17. The number of carboxylic acid groups (broad SMARTS) is 1. The molecule has 1 heterocycles. The normalized spacial score (nSPS) is 19.1. The first-order chi connectivity index (χ1) is 11.4. The maximum absolute atomic E-state index is 10.9. The molecule has 1 aromatic rings. The molecule has 24 heavy (non-hydrogen) atoms. The summed E-state index contributed by atoms with van der Waals surface area (Å²) in [7, 11) is 0. The number of rotatable bonds is 5. The number of cyclic esters (lactones) is 1. The molecular formula is C18H20O6. The smallest absolute Gasteiger partial charge is 0.330 e. The average Bonchev–Trinajstić information content (AvgIpc) is 2.90. The lowest BCUT2D eigenvalue weighted by Gasteiger charge is -2.07. The molecule has 1 aromatic carbocycles. The van der Waals surface area contributed by atoms with Gasteiger partial charge in [0.2, 0.25) is 0 Å². The zero-order valence-corrected chi connectivity index (χ0v) is 13.4. The van der Waals surface area contributed by atoms with E-state index in [1.54, 1.807) is 13.0 Å². The Morgan fingerprint density at radius 3 is 2.54 bits per heavy atom. The molecule has 0 saturated carbocycles. The third-order valence-corrected chi connectivity index (χ3v) is 3.10. The zero-order valence-electron chi connectivity index (χ0n) is 13.4. The van der Waals surface area contributed by atoms with E-state index in [4.69, 9.17) is 14.6 Å². The number of hydrogen-bond donors (Lipinski definition) is 1. The minimum absolute atomic E-state index is 0.0903. The van der Waals surface area contributed by atoms with Crippen molar-refractivity contribution in [2.24, 2.45) is 5.92 Å². The van der Waals surface area contributed by atoms with E-state index in [1.165, 1.54) is 0 Å². The minimum atomic E-state index is -0.922. The zero-order chi connectivity index (χ0) is 17.9. The van der Waals surface area contributed by atoms with Crippen molar-refractivity contribution in [1.29, 1.82) is 0 Å². The molecule has 0 amide bonds. The summed E-state index contributed by atoms with van der Waals surface area (Å²) >= 11 is 0. The highest BCUT2D eigenvalue weighted by atomic mass is 16.6. The first-order valence-corrected chi connectivity index (χ1v) is 7.38. The second-order valence-electron chi connectivity index (χ2n) is 5.11. The molecule has 1 fully saturated rings. The van der Waals surface area contributed by atoms with E-state index in [1.807, 2.05) is 30.3 Å². The van der Waals surface area contributed by atoms with Crippen LogP contribution in [0.4, 0.5) is 0 Å². The fraction of sp³-hybridized carbons (Fsp3) is 0.278. The number of benzene rings is 1. The van der Waals surface area contributed by atoms with Crippen LogP contribution in [0.2, 0.25) is 0 Å². The Labute approximate surface area is 140 Å². The van der Waals surface area contributed by atoms with Crippen molar-refractivity contribution in [2.75, 3.05) is 6.61 Å². The molecule has 128 valence electrons. The monoisotopic (exact) mass is 332 g/mol. The SMILES string of the molecule is C=CC(=O)OCC1CC(C)C(=O)O1.O=C(O)/C=C/c1ccccc1. The van der Waals surface area contributed by atoms with Gasteiger partial charge in [-0.15, -0.1) is 0 Å². The minimum Gasteiger partial charge on any atom is -0.478 e. The first kappa shape index (κ1) is 19.2. The molecule has 1 aliphatic heterocycles. The quantitative estimate of drug-likeness (QED) is 0.658. The average molecular weight is 332 g/mol. The standard InChI is InChI=1S/C9H12O4.C9H8O2/c1-3-8(10)12-5-7-4-6(2)9(11)13-7;10-9(11)7-6-8-4-2-1-3-5-8/h3,6-7H,1,4-5H2,2H3;1-7H,(H,10,11)/b;7-6+. The molecule has 6 heteroatoms. The molecule has 0 aliphatic carbocycles. The molecule has 0 radical (unpaired) electrons. The summed E-state index contributed by atoms with van der Waals surface area (Å²) in [6, 6.07) is 9.31. The van der Waals surface area contributed by atoms with E-state index in [0.29, 0.717) is 6.42 Å². The second-order valence-corrected chi connectivity index (χ2v) is 5.11. The number of esters is 2. The van der Waals surface area contributed by atoms with E-state index < -0.39 is 11.9 Å². The number of carboxylic acids is 1. The third kappa shape index (κ3) is 7.40. The van der Waals surface area contributed by atoms with Crippen LogP contribution in [0.3, 0.4) is 0 Å². The van der Waals surface area contributed by atoms with E-state index in [-0.39, 0.29) is 24.6 Å². The molecule has 1 N–H and O–H groups in total. The van der Waals surface area contributed by atoms with Gasteiger partial charge in [-0.3, -0.25) is 4.79 Å². The van der Waals surface area contributed by atoms with Gasteiger partial charge < -0.3 is 14.6 Å². The molecule has 2 atom stereocenters. The number of carbonyl (C=O) groups is 3. The van der Waals surface area contributed by atoms with Crippen LogP contribution in [-0.4, -0.2) is 35.7 Å². The fourth-order valence-electron chi connectivity index (χ4n) is 1.89. The summed E-state index contributed by atoms with van der Waals surface area (Å²) in [5.41, 5.74) is 0.898. The number of hydrogen-bond acceptors (Lipinski definition) is 5. The summed E-state index contributed by atoms with van der Waals surface area (Å²) < 4.78 is 9.66. The van der Waals surface area contributed by atoms with Gasteiger partial charge in [0.05, 0.1) is 5.92 Å². The van der Waals surface area contributed by atoms with Gasteiger partial charge in [-0.1, -0.05) is 43.8 Å². The van der Waals surface area contributed by atoms with Crippen LogP contribution in [0, 0.1) is 5.92 Å². The van der Waals surface area contributed by atoms with Gasteiger partial charge in [0.1, 0.15) is 12.7 Å². The molecule has 1 aliphatic rings. The summed E-state index contributed by atoms with van der Waals surface area (Å²) in [6.45, 7) is 5.17. The molecule has 6 nitrogen and oxygen atoms in total. The summed E-state index contributed by atoms with van der Waals surface area (Å²) in [5, 5.41) is 8.29. The van der Waals surface area contributed by atoms with E-state index in [0.717, 1.165) is 17.7 Å². The summed E-state index contributed by atoms with van der Waals surface area (Å²) in [6.07, 6.45) is 4.09. The van der Waals surface area contributed by atoms with E-state index >= 15 is 0 Å². The molecule has 0 bridgehead atoms. The molecular weight excluding hydrogens is 312 g/mol. The second kappa shape index (κ2) is 9.99. The Hall–Kier alpha value is -2.89. The molecule has 2 rings (SSSR count). The topological polar surface area (TPSA) is 89.9 Å². The van der Waals surface area contributed by atoms with Crippen LogP contribution < -0.4 is 0 Å². The molecule has 2 unspecified atom stereocenters. The van der Waals surface area contributed by atoms with Gasteiger partial charge >= 0.3 is 17.9 Å². The van der Waals surface area contributed by atoms with Crippen LogP contribution in [0.5, 0.6) is 0 Å². The van der Waals surface area contributed by atoms with Gasteiger partial charge in [0.15, 0.2) is 0 Å². The van der Waals surface area contributed by atoms with Crippen molar-refractivity contribution in [3.63, 3.8) is 0 Å². The van der Waals surface area contributed by atoms with Gasteiger partial charge in [-0.25, -0.2) is 9.59 Å². The van der Waals surface area contributed by atoms with Gasteiger partial charge in [0.25, 0.3) is 0 Å². The van der Waals surface area contributed by atoms with E-state index in [2.05, 4.69) is 6.58 Å². The van der Waals surface area contributed by atoms with Gasteiger partial charge in [-0.05, 0) is 11.6 Å². The van der Waals surface area contributed by atoms with Gasteiger partial charge in [-0.2, -0.15) is 0 Å². The van der Waals surface area contributed by atoms with Crippen molar-refractivity contribution < 1.29 is 29.0 Å². The van der Waals surface area contributed by atoms with Gasteiger partial charge in [0, 0.05) is 18.6 Å². The Morgan fingerprint density at radius 1 is 1.38 bits per heavy atom. The molecule has 0 aromatic heterocycles. The Bertz CT molecular complexity index is 605. The van der Waals surface area contributed by atoms with Crippen molar-refractivity contribution in [3.8, 4) is 0 Å². The third-order valence-electron chi connectivity index (χ3n) is 3.10. The van der Waals surface area contributed by atoms with Crippen molar-refractivity contribution in [2.45, 2.75) is 19.4 Å².